The van der Waals surface area contributed by atoms with Crippen molar-refractivity contribution in [3.63, 3.8) is 0 Å². The highest BCUT2D eigenvalue weighted by molar-refractivity contribution is 5.75. The van der Waals surface area contributed by atoms with Crippen LogP contribution < -0.4 is 0 Å². The molecule has 1 aromatic carbocycles. The normalized spacial score (nSPS) is 11.2. The van der Waals surface area contributed by atoms with Gasteiger partial charge in [-0.05, 0) is 76.6 Å². The van der Waals surface area contributed by atoms with Gasteiger partial charge in [-0.2, -0.15) is 5.10 Å². The number of benzene rings is 1. The number of aromatic amines is 1. The molecule has 0 radical (unpaired) electrons. The molecule has 1 N–H and O–H groups in total. The smallest absolute Gasteiger partial charge is 0.159 e. The fraction of sp³-hybridized carbons (Fsp3) is 0.429. The van der Waals surface area contributed by atoms with E-state index in [-0.39, 0.29) is 5.78 Å². The average Bonchev–Trinajstić information content (AvgIpc) is 3.15. The molecule has 0 aliphatic carbocycles. The zero-order valence-electron chi connectivity index (χ0n) is 21.3. The molecule has 0 spiro atoms. The quantitative estimate of drug-likeness (QED) is 0.304. The number of hydrogen-bond acceptors (Lipinski definition) is 2. The maximum atomic E-state index is 12.2. The maximum Gasteiger partial charge on any atom is 0.159 e. The van der Waals surface area contributed by atoms with Gasteiger partial charge in [0.2, 0.25) is 0 Å². The van der Waals surface area contributed by atoms with Crippen LogP contribution in [0.1, 0.15) is 82.8 Å². The lowest BCUT2D eigenvalue weighted by atomic mass is 10.0. The summed E-state index contributed by atoms with van der Waals surface area (Å²) in [5.41, 5.74) is 5.25. The van der Waals surface area contributed by atoms with E-state index in [1.165, 1.54) is 17.3 Å². The van der Waals surface area contributed by atoms with Crippen molar-refractivity contribution < 1.29 is 13.6 Å². The Labute approximate surface area is 198 Å². The van der Waals surface area contributed by atoms with Crippen LogP contribution in [0.25, 0.3) is 5.57 Å². The molecule has 0 fully saturated rings. The van der Waals surface area contributed by atoms with Gasteiger partial charge in [0.05, 0.1) is 5.69 Å². The van der Waals surface area contributed by atoms with E-state index < -0.39 is 11.6 Å². The summed E-state index contributed by atoms with van der Waals surface area (Å²) in [5, 5.41) is 7.64. The number of allylic oxidation sites excluding steroid dienone is 6. The van der Waals surface area contributed by atoms with Crippen LogP contribution in [0, 0.1) is 25.5 Å². The number of carbonyl (C=O) groups is 1. The number of ketones is 1. The number of unbranched alkanes of at least 4 members (excludes halogenated alkanes) is 1. The summed E-state index contributed by atoms with van der Waals surface area (Å²) in [5.74, 6) is -1.31. The van der Waals surface area contributed by atoms with Crippen molar-refractivity contribution in [3.8, 4) is 0 Å². The minimum absolute atomic E-state index is 0.267. The molecule has 0 atom stereocenters. The molecule has 0 saturated heterocycles. The third-order valence-corrected chi connectivity index (χ3v) is 4.66. The van der Waals surface area contributed by atoms with Crippen LogP contribution in [0.3, 0.4) is 0 Å². The van der Waals surface area contributed by atoms with Gasteiger partial charge in [-0.1, -0.05) is 57.2 Å². The van der Waals surface area contributed by atoms with Gasteiger partial charge in [-0.15, -0.1) is 0 Å². The van der Waals surface area contributed by atoms with Gasteiger partial charge in [0.25, 0.3) is 0 Å². The monoisotopic (exact) mass is 458 g/mol. The largest absolute Gasteiger partial charge is 0.300 e. The average molecular weight is 459 g/mol. The van der Waals surface area contributed by atoms with Gasteiger partial charge in [-0.3, -0.25) is 5.10 Å². The van der Waals surface area contributed by atoms with Gasteiger partial charge in [0, 0.05) is 17.7 Å². The lowest BCUT2D eigenvalue weighted by Gasteiger charge is -2.01. The summed E-state index contributed by atoms with van der Waals surface area (Å²) in [4.78, 5) is 11.0. The van der Waals surface area contributed by atoms with E-state index in [0.717, 1.165) is 54.6 Å². The Kier molecular flexibility index (Phi) is 16.2. The molecular weight excluding hydrogens is 418 g/mol. The van der Waals surface area contributed by atoms with Crippen LogP contribution in [0.2, 0.25) is 0 Å². The van der Waals surface area contributed by atoms with E-state index in [2.05, 4.69) is 48.3 Å². The Bertz CT molecular complexity index is 924. The van der Waals surface area contributed by atoms with Gasteiger partial charge in [-0.25, -0.2) is 8.78 Å². The van der Waals surface area contributed by atoms with Crippen molar-refractivity contribution in [3.05, 3.63) is 82.7 Å². The number of hydrogen-bond donors (Lipinski definition) is 1. The first-order valence-corrected chi connectivity index (χ1v) is 11.7. The summed E-state index contributed by atoms with van der Waals surface area (Å²) in [6.07, 6.45) is 15.0. The number of nitrogens with zero attached hydrogens (tertiary/aromatic N) is 1. The Morgan fingerprint density at radius 1 is 1.12 bits per heavy atom. The zero-order valence-corrected chi connectivity index (χ0v) is 21.3. The standard InChI is InChI=1S/C19H28N2O.C7H6F2.C2H6/c1-5-7-8-13-17(11-6-2)19-16(4)18(20-21-19)14-10-9-12-15(3)22;1-5-2-3-6(8)7(9)4-5;1-2/h6-8,11,13H,5,9-10,12,14H2,1-4H3,(H,20,21);2-4H,1H3;1-2H3/b8-7-,11-6-,17-13+;;. The van der Waals surface area contributed by atoms with Crippen LogP contribution in [0.15, 0.2) is 48.6 Å². The SMILES string of the molecule is CC.C\C=C/C(=C\C=C/CC)c1n[nH]c(CCCCC(C)=O)c1C.Cc1ccc(F)c(F)c1. The molecule has 0 saturated carbocycles. The summed E-state index contributed by atoms with van der Waals surface area (Å²) in [7, 11) is 0. The molecule has 2 rings (SSSR count). The zero-order chi connectivity index (χ0) is 25.2. The second-order valence-electron chi connectivity index (χ2n) is 7.46. The molecule has 3 nitrogen and oxygen atoms in total. The van der Waals surface area contributed by atoms with Crippen LogP contribution in [0.4, 0.5) is 8.78 Å². The van der Waals surface area contributed by atoms with Crippen molar-refractivity contribution in [1.82, 2.24) is 10.2 Å². The van der Waals surface area contributed by atoms with Gasteiger partial charge < -0.3 is 4.79 Å². The second-order valence-corrected chi connectivity index (χ2v) is 7.46. The number of Topliss-reactive ketones (excluding diaryl/α,β-unsaturated/α-hetero) is 1. The maximum absolute atomic E-state index is 12.2. The van der Waals surface area contributed by atoms with E-state index in [1.54, 1.807) is 13.8 Å². The van der Waals surface area contributed by atoms with Crippen LogP contribution in [-0.2, 0) is 11.2 Å². The number of aryl methyl sites for hydroxylation is 2. The lowest BCUT2D eigenvalue weighted by molar-refractivity contribution is -0.117. The Balaban J connectivity index is 0.000000770. The first kappa shape index (κ1) is 30.2. The van der Waals surface area contributed by atoms with Crippen molar-refractivity contribution >= 4 is 11.4 Å². The Morgan fingerprint density at radius 2 is 1.82 bits per heavy atom. The van der Waals surface area contributed by atoms with Crippen molar-refractivity contribution in [2.45, 2.75) is 80.6 Å². The number of nitrogens with one attached hydrogen (secondary N) is 1. The predicted octanol–water partition coefficient (Wildman–Crippen LogP) is 8.25. The molecule has 0 unspecified atom stereocenters. The summed E-state index contributed by atoms with van der Waals surface area (Å²) in [6.45, 7) is 13.6. The molecular formula is C28H40F2N2O. The number of carbonyl (C=O) groups excluding carboxylic acids is 1. The molecule has 1 aromatic heterocycles. The Hall–Kier alpha value is -2.82. The first-order valence-electron chi connectivity index (χ1n) is 11.7. The minimum Gasteiger partial charge on any atom is -0.300 e. The molecule has 2 aromatic rings. The summed E-state index contributed by atoms with van der Waals surface area (Å²) < 4.78 is 24.3. The second kappa shape index (κ2) is 17.7. The molecule has 0 aliphatic heterocycles. The molecule has 5 heteroatoms. The number of rotatable bonds is 9. The minimum atomic E-state index is -0.791. The van der Waals surface area contributed by atoms with Crippen molar-refractivity contribution in [2.75, 3.05) is 0 Å². The van der Waals surface area contributed by atoms with Crippen LogP contribution >= 0.6 is 0 Å². The third kappa shape index (κ3) is 12.1. The van der Waals surface area contributed by atoms with Crippen LogP contribution in [-0.4, -0.2) is 16.0 Å². The predicted molar refractivity (Wildman–Crippen MR) is 136 cm³/mol. The van der Waals surface area contributed by atoms with E-state index in [1.807, 2.05) is 26.8 Å². The summed E-state index contributed by atoms with van der Waals surface area (Å²) >= 11 is 0. The molecule has 0 aliphatic rings. The third-order valence-electron chi connectivity index (χ3n) is 4.66. The fourth-order valence-electron chi connectivity index (χ4n) is 2.94. The number of aromatic nitrogens is 2. The molecule has 182 valence electrons. The van der Waals surface area contributed by atoms with Crippen molar-refractivity contribution in [1.29, 1.82) is 0 Å². The molecule has 0 bridgehead atoms. The van der Waals surface area contributed by atoms with Gasteiger partial charge in [0.15, 0.2) is 11.6 Å². The van der Waals surface area contributed by atoms with E-state index in [9.17, 15) is 13.6 Å². The lowest BCUT2D eigenvalue weighted by Crippen LogP contribution is -1.93. The molecule has 1 heterocycles. The topological polar surface area (TPSA) is 45.8 Å². The van der Waals surface area contributed by atoms with E-state index in [4.69, 9.17) is 0 Å². The first-order chi connectivity index (χ1) is 15.8. The molecule has 0 amide bonds. The molecule has 33 heavy (non-hydrogen) atoms. The van der Waals surface area contributed by atoms with Gasteiger partial charge >= 0.3 is 0 Å². The highest BCUT2D eigenvalue weighted by Crippen LogP contribution is 2.22. The Morgan fingerprint density at radius 3 is 2.36 bits per heavy atom. The summed E-state index contributed by atoms with van der Waals surface area (Å²) in [6, 6.07) is 3.80. The van der Waals surface area contributed by atoms with Crippen molar-refractivity contribution in [2.24, 2.45) is 0 Å². The van der Waals surface area contributed by atoms with Gasteiger partial charge in [0.1, 0.15) is 5.78 Å². The number of H-pyrrole nitrogens is 1. The fourth-order valence-corrected chi connectivity index (χ4v) is 2.94. The number of halogens is 2. The van der Waals surface area contributed by atoms with E-state index in [0.29, 0.717) is 6.42 Å². The van der Waals surface area contributed by atoms with E-state index >= 15 is 0 Å². The van der Waals surface area contributed by atoms with Crippen LogP contribution in [0.5, 0.6) is 0 Å². The highest BCUT2D eigenvalue weighted by Gasteiger charge is 2.11. The highest BCUT2D eigenvalue weighted by atomic mass is 19.2.